The number of nitrogens with zero attached hydrogens (tertiary/aromatic N) is 1. The minimum absolute atomic E-state index is 0.727. The molecule has 66 valence electrons. The van der Waals surface area contributed by atoms with E-state index >= 15 is 0 Å². The van der Waals surface area contributed by atoms with Crippen molar-refractivity contribution in [3.63, 3.8) is 0 Å². The van der Waals surface area contributed by atoms with Crippen molar-refractivity contribution in [2.75, 3.05) is 0 Å². The minimum Gasteiger partial charge on any atom is -0.448 e. The Morgan fingerprint density at radius 2 is 1.92 bits per heavy atom. The lowest BCUT2D eigenvalue weighted by Gasteiger charge is -1.96. The molecule has 2 nitrogen and oxygen atoms in total. The first-order chi connectivity index (χ1) is 6.27. The highest BCUT2D eigenvalue weighted by Crippen LogP contribution is 2.22. The van der Waals surface area contributed by atoms with Crippen LogP contribution in [-0.4, -0.2) is 4.98 Å². The third kappa shape index (κ3) is 1.58. The Morgan fingerprint density at radius 3 is 2.46 bits per heavy atom. The summed E-state index contributed by atoms with van der Waals surface area (Å²) in [5.41, 5.74) is 1.90. The second kappa shape index (κ2) is 3.23. The monoisotopic (exact) mass is 193 g/mol. The molecule has 0 saturated heterocycles. The molecule has 0 aliphatic heterocycles. The van der Waals surface area contributed by atoms with Gasteiger partial charge in [-0.15, -0.1) is 0 Å². The van der Waals surface area contributed by atoms with Crippen LogP contribution in [-0.2, 0) is 0 Å². The Bertz CT molecular complexity index is 405. The van der Waals surface area contributed by atoms with E-state index in [1.54, 1.807) is 0 Å². The van der Waals surface area contributed by atoms with E-state index in [0.29, 0.717) is 0 Å². The molecule has 0 N–H and O–H groups in total. The van der Waals surface area contributed by atoms with Gasteiger partial charge in [-0.05, 0) is 19.1 Å². The van der Waals surface area contributed by atoms with Crippen molar-refractivity contribution in [1.82, 2.24) is 4.98 Å². The molecule has 0 atom stereocenters. The van der Waals surface area contributed by atoms with Crippen LogP contribution in [0.15, 0.2) is 35.1 Å². The summed E-state index contributed by atoms with van der Waals surface area (Å²) in [5, 5.41) is 0.727. The Kier molecular flexibility index (Phi) is 2.07. The van der Waals surface area contributed by atoms with E-state index in [-0.39, 0.29) is 0 Å². The van der Waals surface area contributed by atoms with Gasteiger partial charge in [0, 0.05) is 10.6 Å². The summed E-state index contributed by atoms with van der Waals surface area (Å²) >= 11 is 5.77. The number of rotatable bonds is 1. The van der Waals surface area contributed by atoms with Gasteiger partial charge in [0.05, 0.1) is 0 Å². The average Bonchev–Trinajstić information content (AvgIpc) is 2.53. The normalized spacial score (nSPS) is 10.3. The standard InChI is InChI=1S/C10H8ClNO/c1-7-10(12-6-13-7)8-2-4-9(11)5-3-8/h2-6H,1H3. The number of oxazole rings is 1. The van der Waals surface area contributed by atoms with Crippen LogP contribution in [0, 0.1) is 6.92 Å². The molecular formula is C10H8ClNO. The zero-order valence-corrected chi connectivity index (χ0v) is 7.88. The van der Waals surface area contributed by atoms with E-state index in [1.165, 1.54) is 6.39 Å². The lowest BCUT2D eigenvalue weighted by Crippen LogP contribution is -1.79. The molecule has 0 unspecified atom stereocenters. The molecule has 0 aliphatic carbocycles. The van der Waals surface area contributed by atoms with Crippen molar-refractivity contribution in [2.45, 2.75) is 6.92 Å². The predicted octanol–water partition coefficient (Wildman–Crippen LogP) is 3.30. The van der Waals surface area contributed by atoms with Gasteiger partial charge in [0.25, 0.3) is 0 Å². The average molecular weight is 194 g/mol. The number of benzene rings is 1. The summed E-state index contributed by atoms with van der Waals surface area (Å²) in [6.45, 7) is 1.89. The van der Waals surface area contributed by atoms with Crippen LogP contribution in [0.4, 0.5) is 0 Å². The van der Waals surface area contributed by atoms with Crippen LogP contribution in [0.5, 0.6) is 0 Å². The summed E-state index contributed by atoms with van der Waals surface area (Å²) < 4.78 is 5.11. The molecule has 2 rings (SSSR count). The Morgan fingerprint density at radius 1 is 1.23 bits per heavy atom. The predicted molar refractivity (Wildman–Crippen MR) is 51.7 cm³/mol. The van der Waals surface area contributed by atoms with Crippen molar-refractivity contribution >= 4 is 11.6 Å². The molecule has 3 heteroatoms. The largest absolute Gasteiger partial charge is 0.448 e. The van der Waals surface area contributed by atoms with Crippen LogP contribution in [0.25, 0.3) is 11.3 Å². The van der Waals surface area contributed by atoms with Gasteiger partial charge in [-0.2, -0.15) is 0 Å². The first kappa shape index (κ1) is 8.32. The minimum atomic E-state index is 0.727. The third-order valence-corrected chi connectivity index (χ3v) is 2.11. The van der Waals surface area contributed by atoms with Crippen molar-refractivity contribution in [3.05, 3.63) is 41.4 Å². The number of halogens is 1. The SMILES string of the molecule is Cc1ocnc1-c1ccc(Cl)cc1. The van der Waals surface area contributed by atoms with Crippen molar-refractivity contribution in [1.29, 1.82) is 0 Å². The Hall–Kier alpha value is -1.28. The van der Waals surface area contributed by atoms with Gasteiger partial charge < -0.3 is 4.42 Å². The molecule has 1 aromatic heterocycles. The molecule has 1 heterocycles. The molecule has 2 aromatic rings. The highest BCUT2D eigenvalue weighted by molar-refractivity contribution is 6.30. The highest BCUT2D eigenvalue weighted by Gasteiger charge is 2.04. The van der Waals surface area contributed by atoms with Crippen LogP contribution in [0.2, 0.25) is 5.02 Å². The molecule has 0 saturated carbocycles. The summed E-state index contributed by atoms with van der Waals surface area (Å²) in [4.78, 5) is 4.11. The molecule has 0 radical (unpaired) electrons. The van der Waals surface area contributed by atoms with Crippen molar-refractivity contribution in [2.24, 2.45) is 0 Å². The van der Waals surface area contributed by atoms with E-state index in [9.17, 15) is 0 Å². The molecule has 0 amide bonds. The quantitative estimate of drug-likeness (QED) is 0.695. The molecule has 13 heavy (non-hydrogen) atoms. The fourth-order valence-electron chi connectivity index (χ4n) is 1.19. The zero-order valence-electron chi connectivity index (χ0n) is 7.12. The number of hydrogen-bond donors (Lipinski definition) is 0. The maximum atomic E-state index is 5.77. The topological polar surface area (TPSA) is 26.0 Å². The molecule has 0 spiro atoms. The van der Waals surface area contributed by atoms with Gasteiger partial charge in [-0.3, -0.25) is 0 Å². The van der Waals surface area contributed by atoms with Crippen molar-refractivity contribution in [3.8, 4) is 11.3 Å². The van der Waals surface area contributed by atoms with Crippen molar-refractivity contribution < 1.29 is 4.42 Å². The molecule has 1 aromatic carbocycles. The first-order valence-electron chi connectivity index (χ1n) is 3.93. The Balaban J connectivity index is 2.47. The van der Waals surface area contributed by atoms with Gasteiger partial charge in [0.15, 0.2) is 6.39 Å². The van der Waals surface area contributed by atoms with E-state index in [4.69, 9.17) is 16.0 Å². The second-order valence-electron chi connectivity index (χ2n) is 2.76. The summed E-state index contributed by atoms with van der Waals surface area (Å²) in [6, 6.07) is 7.52. The number of aryl methyl sites for hydroxylation is 1. The molecule has 0 aliphatic rings. The van der Waals surface area contributed by atoms with Crippen LogP contribution in [0.3, 0.4) is 0 Å². The summed E-state index contributed by atoms with van der Waals surface area (Å²) in [7, 11) is 0. The summed E-state index contributed by atoms with van der Waals surface area (Å²) in [5.74, 6) is 0.822. The van der Waals surface area contributed by atoms with Gasteiger partial charge in [-0.1, -0.05) is 23.7 Å². The maximum Gasteiger partial charge on any atom is 0.181 e. The first-order valence-corrected chi connectivity index (χ1v) is 4.31. The van der Waals surface area contributed by atoms with Crippen LogP contribution in [0.1, 0.15) is 5.76 Å². The second-order valence-corrected chi connectivity index (χ2v) is 3.20. The maximum absolute atomic E-state index is 5.77. The van der Waals surface area contributed by atoms with Gasteiger partial charge in [0.1, 0.15) is 11.5 Å². The lowest BCUT2D eigenvalue weighted by atomic mass is 10.1. The fraction of sp³-hybridized carbons (Fsp3) is 0.100. The summed E-state index contributed by atoms with van der Waals surface area (Å²) in [6.07, 6.45) is 1.44. The van der Waals surface area contributed by atoms with E-state index in [0.717, 1.165) is 22.0 Å². The van der Waals surface area contributed by atoms with E-state index < -0.39 is 0 Å². The van der Waals surface area contributed by atoms with Crippen LogP contribution < -0.4 is 0 Å². The smallest absolute Gasteiger partial charge is 0.181 e. The molecule has 0 fully saturated rings. The third-order valence-electron chi connectivity index (χ3n) is 1.86. The van der Waals surface area contributed by atoms with Gasteiger partial charge >= 0.3 is 0 Å². The van der Waals surface area contributed by atoms with E-state index in [2.05, 4.69) is 4.98 Å². The number of hydrogen-bond acceptors (Lipinski definition) is 2. The molecular weight excluding hydrogens is 186 g/mol. The highest BCUT2D eigenvalue weighted by atomic mass is 35.5. The van der Waals surface area contributed by atoms with Gasteiger partial charge in [0.2, 0.25) is 0 Å². The lowest BCUT2D eigenvalue weighted by molar-refractivity contribution is 0.527. The molecule has 0 bridgehead atoms. The van der Waals surface area contributed by atoms with Gasteiger partial charge in [-0.25, -0.2) is 4.98 Å². The fourth-order valence-corrected chi connectivity index (χ4v) is 1.32. The van der Waals surface area contributed by atoms with Crippen LogP contribution >= 0.6 is 11.6 Å². The zero-order chi connectivity index (χ0) is 9.26. The number of aromatic nitrogens is 1. The van der Waals surface area contributed by atoms with E-state index in [1.807, 2.05) is 31.2 Å². The Labute approximate surface area is 81.2 Å².